The molecule has 0 saturated heterocycles. The Morgan fingerprint density at radius 2 is 1.35 bits per heavy atom. The highest BCUT2D eigenvalue weighted by Crippen LogP contribution is 2.44. The molecule has 49 heavy (non-hydrogen) atoms. The smallest absolute Gasteiger partial charge is 0.407 e. The molecule has 2 aliphatic rings. The molecule has 0 spiro atoms. The second kappa shape index (κ2) is 14.5. The van der Waals surface area contributed by atoms with E-state index < -0.39 is 46.5 Å². The fourth-order valence-electron chi connectivity index (χ4n) is 6.40. The Hall–Kier alpha value is -5.22. The lowest BCUT2D eigenvalue weighted by atomic mass is 9.98. The van der Waals surface area contributed by atoms with Gasteiger partial charge < -0.3 is 20.1 Å². The van der Waals surface area contributed by atoms with Gasteiger partial charge in [0.15, 0.2) is 0 Å². The molecule has 4 aromatic carbocycles. The lowest BCUT2D eigenvalue weighted by molar-refractivity contribution is -0.147. The van der Waals surface area contributed by atoms with E-state index in [2.05, 4.69) is 22.8 Å². The molecule has 0 radical (unpaired) electrons. The number of sulfone groups is 1. The molecule has 0 saturated carbocycles. The Labute approximate surface area is 286 Å². The van der Waals surface area contributed by atoms with Crippen LogP contribution in [0.4, 0.5) is 4.79 Å². The molecule has 0 fully saturated rings. The number of fused-ring (bicyclic) bond motifs is 4. The summed E-state index contributed by atoms with van der Waals surface area (Å²) in [5.41, 5.74) is 5.65. The third-order valence-corrected chi connectivity index (χ3v) is 10.6. The number of ether oxygens (including phenoxy) is 2. The summed E-state index contributed by atoms with van der Waals surface area (Å²) >= 11 is 0. The van der Waals surface area contributed by atoms with Gasteiger partial charge in [0.25, 0.3) is 0 Å². The normalized spacial score (nSPS) is 15.3. The van der Waals surface area contributed by atoms with Crippen molar-refractivity contribution in [1.82, 2.24) is 10.6 Å². The van der Waals surface area contributed by atoms with Gasteiger partial charge in [-0.3, -0.25) is 4.79 Å². The second-order valence-corrected chi connectivity index (χ2v) is 14.6. The number of benzene rings is 4. The van der Waals surface area contributed by atoms with Gasteiger partial charge in [-0.05, 0) is 57.9 Å². The van der Waals surface area contributed by atoms with Crippen LogP contribution in [0.15, 0.2) is 113 Å². The number of esters is 1. The predicted octanol–water partition coefficient (Wildman–Crippen LogP) is 6.04. The van der Waals surface area contributed by atoms with Crippen LogP contribution < -0.4 is 10.6 Å². The number of alkyl carbamates (subject to hydrolysis) is 1. The summed E-state index contributed by atoms with van der Waals surface area (Å²) in [6, 6.07) is 29.6. The van der Waals surface area contributed by atoms with E-state index in [9.17, 15) is 22.8 Å². The summed E-state index contributed by atoms with van der Waals surface area (Å²) in [4.78, 5) is 40.5. The van der Waals surface area contributed by atoms with Gasteiger partial charge >= 0.3 is 12.1 Å². The van der Waals surface area contributed by atoms with Gasteiger partial charge in [-0.25, -0.2) is 18.0 Å². The van der Waals surface area contributed by atoms with Crippen molar-refractivity contribution in [3.63, 3.8) is 0 Å². The van der Waals surface area contributed by atoms with E-state index in [0.29, 0.717) is 5.56 Å². The number of carbonyl (C=O) groups is 3. The van der Waals surface area contributed by atoms with Gasteiger partial charge in [-0.2, -0.15) is 0 Å². The number of rotatable bonds is 12. The molecule has 10 heteroatoms. The maximum absolute atomic E-state index is 13.8. The van der Waals surface area contributed by atoms with Crippen molar-refractivity contribution < 1.29 is 32.3 Å². The van der Waals surface area contributed by atoms with Gasteiger partial charge in [0, 0.05) is 12.3 Å². The molecule has 1 aliphatic heterocycles. The zero-order valence-electron chi connectivity index (χ0n) is 27.3. The van der Waals surface area contributed by atoms with Crippen molar-refractivity contribution in [3.8, 4) is 11.1 Å². The van der Waals surface area contributed by atoms with E-state index in [1.165, 1.54) is 12.1 Å². The molecule has 2 amide bonds. The van der Waals surface area contributed by atoms with Crippen LogP contribution in [0.2, 0.25) is 0 Å². The minimum absolute atomic E-state index is 0.0146. The average molecular weight is 679 g/mol. The monoisotopic (exact) mass is 678 g/mol. The van der Waals surface area contributed by atoms with Crippen molar-refractivity contribution in [2.75, 3.05) is 13.2 Å². The molecule has 2 atom stereocenters. The summed E-state index contributed by atoms with van der Waals surface area (Å²) in [6.45, 7) is 3.39. The summed E-state index contributed by atoms with van der Waals surface area (Å²) in [5, 5.41) is 5.48. The Morgan fingerprint density at radius 1 is 0.735 bits per heavy atom. The van der Waals surface area contributed by atoms with Crippen LogP contribution in [-0.2, 0) is 35.3 Å². The molecule has 2 N–H and O–H groups in total. The Bertz CT molecular complexity index is 1960. The molecule has 6 rings (SSSR count). The molecule has 0 aromatic heterocycles. The number of carbonyl (C=O) groups excluding carboxylic acids is 3. The maximum atomic E-state index is 13.8. The molecule has 0 bridgehead atoms. The lowest BCUT2D eigenvalue weighted by Crippen LogP contribution is -2.53. The minimum Gasteiger partial charge on any atom is -0.459 e. The van der Waals surface area contributed by atoms with Gasteiger partial charge in [-0.1, -0.05) is 111 Å². The van der Waals surface area contributed by atoms with Crippen LogP contribution in [0.1, 0.15) is 48.4 Å². The maximum Gasteiger partial charge on any atom is 0.407 e. The van der Waals surface area contributed by atoms with E-state index in [4.69, 9.17) is 9.47 Å². The van der Waals surface area contributed by atoms with Crippen LogP contribution in [0.3, 0.4) is 0 Å². The molecule has 1 heterocycles. The van der Waals surface area contributed by atoms with Gasteiger partial charge in [-0.15, -0.1) is 0 Å². The minimum atomic E-state index is -3.78. The average Bonchev–Trinajstić information content (AvgIpc) is 3.56. The van der Waals surface area contributed by atoms with Gasteiger partial charge in [0.05, 0.1) is 9.80 Å². The van der Waals surface area contributed by atoms with Crippen LogP contribution in [0, 0.1) is 5.92 Å². The third kappa shape index (κ3) is 7.44. The SMILES string of the molecule is CC(C)C[C@H](NC(=O)[C@H](Cc1ccccc1)NC(=O)OCC1c2ccccc2-c2ccccc21)C(=O)OCC1=Cc2ccccc2S1(=O)=O. The van der Waals surface area contributed by atoms with Crippen molar-refractivity contribution in [1.29, 1.82) is 0 Å². The molecule has 9 nitrogen and oxygen atoms in total. The molecule has 1 aliphatic carbocycles. The Balaban J connectivity index is 1.14. The van der Waals surface area contributed by atoms with Crippen molar-refractivity contribution in [2.24, 2.45) is 5.92 Å². The Morgan fingerprint density at radius 3 is 2.00 bits per heavy atom. The van der Waals surface area contributed by atoms with E-state index >= 15 is 0 Å². The molecular formula is C39H38N2O7S. The summed E-state index contributed by atoms with van der Waals surface area (Å²) in [6.07, 6.45) is 1.10. The van der Waals surface area contributed by atoms with E-state index in [0.717, 1.165) is 27.8 Å². The summed E-state index contributed by atoms with van der Waals surface area (Å²) in [5.74, 6) is -1.54. The quantitative estimate of drug-likeness (QED) is 0.175. The van der Waals surface area contributed by atoms with E-state index in [1.807, 2.05) is 80.6 Å². The van der Waals surface area contributed by atoms with Crippen LogP contribution in [-0.4, -0.2) is 51.7 Å². The van der Waals surface area contributed by atoms with Crippen LogP contribution >= 0.6 is 0 Å². The predicted molar refractivity (Wildman–Crippen MR) is 186 cm³/mol. The van der Waals surface area contributed by atoms with E-state index in [-0.39, 0.29) is 41.1 Å². The van der Waals surface area contributed by atoms with Gasteiger partial charge in [0.2, 0.25) is 15.7 Å². The highest BCUT2D eigenvalue weighted by Gasteiger charge is 2.34. The second-order valence-electron chi connectivity index (χ2n) is 12.7. The first-order valence-electron chi connectivity index (χ1n) is 16.3. The molecule has 252 valence electrons. The van der Waals surface area contributed by atoms with Crippen LogP contribution in [0.5, 0.6) is 0 Å². The van der Waals surface area contributed by atoms with Crippen LogP contribution in [0.25, 0.3) is 17.2 Å². The highest BCUT2D eigenvalue weighted by atomic mass is 32.2. The molecular weight excluding hydrogens is 641 g/mol. The zero-order valence-corrected chi connectivity index (χ0v) is 28.1. The molecule has 0 unspecified atom stereocenters. The summed E-state index contributed by atoms with van der Waals surface area (Å²) in [7, 11) is -3.78. The first kappa shape index (κ1) is 33.7. The van der Waals surface area contributed by atoms with E-state index in [1.54, 1.807) is 18.2 Å². The molecule has 4 aromatic rings. The zero-order chi connectivity index (χ0) is 34.5. The first-order chi connectivity index (χ1) is 23.6. The third-order valence-electron chi connectivity index (χ3n) is 8.77. The fraction of sp³-hybridized carbons (Fsp3) is 0.256. The number of hydrogen-bond acceptors (Lipinski definition) is 7. The number of amides is 2. The Kier molecular flexibility index (Phi) is 9.96. The lowest BCUT2D eigenvalue weighted by Gasteiger charge is -2.24. The van der Waals surface area contributed by atoms with Crippen molar-refractivity contribution in [3.05, 3.63) is 130 Å². The number of hydrogen-bond donors (Lipinski definition) is 2. The largest absolute Gasteiger partial charge is 0.459 e. The van der Waals surface area contributed by atoms with Crippen molar-refractivity contribution in [2.45, 2.75) is 49.6 Å². The standard InChI is InChI=1S/C39H38N2O7S/c1-25(2)20-35(38(43)47-23-28-22-27-14-6-11-19-36(27)49(28,45)46)40-37(42)34(21-26-12-4-3-5-13-26)41-39(44)48-24-33-31-17-9-7-15-29(31)30-16-8-10-18-32(30)33/h3-19,22,25,33-35H,20-21,23-24H2,1-2H3,(H,40,42)(H,41,44)/t34-,35-/m0/s1. The topological polar surface area (TPSA) is 128 Å². The summed E-state index contributed by atoms with van der Waals surface area (Å²) < 4.78 is 37.1. The van der Waals surface area contributed by atoms with Crippen molar-refractivity contribution >= 4 is 33.9 Å². The number of nitrogens with one attached hydrogen (secondary N) is 2. The first-order valence-corrected chi connectivity index (χ1v) is 17.8. The van der Waals surface area contributed by atoms with Gasteiger partial charge in [0.1, 0.15) is 25.3 Å². The fourth-order valence-corrected chi connectivity index (χ4v) is 7.87. The highest BCUT2D eigenvalue weighted by molar-refractivity contribution is 7.95.